The van der Waals surface area contributed by atoms with Gasteiger partial charge in [0.15, 0.2) is 0 Å². The quantitative estimate of drug-likeness (QED) is 0.154. The maximum Gasteiger partial charge on any atom is 0.324 e. The van der Waals surface area contributed by atoms with Crippen molar-refractivity contribution in [2.45, 2.75) is 111 Å². The average molecular weight is 999 g/mol. The summed E-state index contributed by atoms with van der Waals surface area (Å²) in [5.41, 5.74) is 10.5. The summed E-state index contributed by atoms with van der Waals surface area (Å²) < 4.78 is 19.9. The molecule has 6 heterocycles. The second-order valence-electron chi connectivity index (χ2n) is 21.3. The predicted octanol–water partition coefficient (Wildman–Crippen LogP) is 5.80. The third-order valence-corrected chi connectivity index (χ3v) is 15.0. The summed E-state index contributed by atoms with van der Waals surface area (Å²) in [5, 5.41) is 5.69. The summed E-state index contributed by atoms with van der Waals surface area (Å²) in [5.74, 6) is 3.06. The molecule has 4 aliphatic rings. The Bertz CT molecular complexity index is 2740. The number of carbonyl (C=O) groups is 5. The van der Waals surface area contributed by atoms with E-state index in [0.717, 1.165) is 56.7 Å². The predicted molar refractivity (Wildman–Crippen MR) is 279 cm³/mol. The minimum atomic E-state index is -1.02. The molecule has 2 aromatic heterocycles. The minimum Gasteiger partial charge on any atom is -0.464 e. The number of pyridine rings is 1. The number of aromatic nitrogens is 2. The van der Waals surface area contributed by atoms with Crippen LogP contribution < -0.4 is 10.7 Å². The number of hydrogen-bond acceptors (Lipinski definition) is 11. The Morgan fingerprint density at radius 3 is 2.55 bits per heavy atom. The highest BCUT2D eigenvalue weighted by Gasteiger charge is 2.38. The lowest BCUT2D eigenvalue weighted by atomic mass is 9.84. The highest BCUT2D eigenvalue weighted by molar-refractivity contribution is 5.97. The van der Waals surface area contributed by atoms with Crippen LogP contribution in [0, 0.1) is 29.1 Å². The van der Waals surface area contributed by atoms with Gasteiger partial charge in [-0.3, -0.25) is 38.9 Å². The number of methoxy groups -OCH3 is 1. The van der Waals surface area contributed by atoms with E-state index >= 15 is 0 Å². The number of nitrogens with zero attached hydrogens (tertiary/aromatic N) is 6. The summed E-state index contributed by atoms with van der Waals surface area (Å²) in [6, 6.07) is 16.7. The molecular formula is C57H74N8O8. The number of hydrazine groups is 1. The molecule has 2 N–H and O–H groups in total. The van der Waals surface area contributed by atoms with E-state index in [-0.39, 0.29) is 61.9 Å². The van der Waals surface area contributed by atoms with Gasteiger partial charge in [0.1, 0.15) is 18.6 Å². The molecule has 1 unspecified atom stereocenters. The van der Waals surface area contributed by atoms with Gasteiger partial charge in [-0.25, -0.2) is 5.43 Å². The number of fused-ring (bicyclic) bond motifs is 6. The van der Waals surface area contributed by atoms with Crippen LogP contribution in [-0.2, 0) is 57.6 Å². The maximum atomic E-state index is 14.8. The number of morpholine rings is 1. The summed E-state index contributed by atoms with van der Waals surface area (Å²) in [7, 11) is 3.64. The minimum absolute atomic E-state index is 0.113. The van der Waals surface area contributed by atoms with Gasteiger partial charge in [-0.05, 0) is 111 Å². The maximum absolute atomic E-state index is 14.8. The van der Waals surface area contributed by atoms with Crippen molar-refractivity contribution < 1.29 is 38.2 Å². The largest absolute Gasteiger partial charge is 0.464 e. The zero-order chi connectivity index (χ0) is 52.0. The van der Waals surface area contributed by atoms with Gasteiger partial charge in [0.25, 0.3) is 11.8 Å². The molecule has 390 valence electrons. The van der Waals surface area contributed by atoms with Crippen molar-refractivity contribution in [3.63, 3.8) is 0 Å². The zero-order valence-electron chi connectivity index (χ0n) is 44.0. The Morgan fingerprint density at radius 1 is 0.986 bits per heavy atom. The van der Waals surface area contributed by atoms with Crippen molar-refractivity contribution in [2.24, 2.45) is 17.3 Å². The van der Waals surface area contributed by atoms with E-state index < -0.39 is 35.3 Å². The third kappa shape index (κ3) is 12.3. The molecule has 2 aromatic carbocycles. The molecule has 4 aliphatic heterocycles. The highest BCUT2D eigenvalue weighted by atomic mass is 16.5. The van der Waals surface area contributed by atoms with Gasteiger partial charge in [0, 0.05) is 80.9 Å². The van der Waals surface area contributed by atoms with E-state index in [4.69, 9.17) is 19.2 Å². The number of cyclic esters (lactones) is 1. The molecule has 4 aromatic rings. The summed E-state index contributed by atoms with van der Waals surface area (Å²) in [6.07, 6.45) is 4.64. The Balaban J connectivity index is 1.11. The van der Waals surface area contributed by atoms with Crippen LogP contribution in [0.15, 0.2) is 60.8 Å². The highest BCUT2D eigenvalue weighted by Crippen LogP contribution is 2.42. The summed E-state index contributed by atoms with van der Waals surface area (Å²) in [6.45, 7) is 16.0. The number of aryl methyl sites for hydroxylation is 1. The van der Waals surface area contributed by atoms with Crippen molar-refractivity contribution in [3.05, 3.63) is 77.6 Å². The SMILES string of the molecule is CCn1c(-c2cccnc2[C@H](C)OC)c2c3cc(ccc31)-c1cccc(c1)C[C@H](NC(=O)C(CN1CCCCN(C(=O)C#C[C@H]3COCCN3C)CC1=O)C(C)C)C(=O)N1CCC[C@H](N1)C(=O)OCC(C)(C)C2. The number of rotatable bonds is 9. The molecule has 3 fully saturated rings. The molecular weight excluding hydrogens is 925 g/mol. The zero-order valence-corrected chi connectivity index (χ0v) is 44.0. The fraction of sp³-hybridized carbons (Fsp3) is 0.544. The number of likely N-dealkylation sites (N-methyl/N-ethyl adjacent to an activating group) is 1. The van der Waals surface area contributed by atoms with E-state index in [9.17, 15) is 24.0 Å². The fourth-order valence-corrected chi connectivity index (χ4v) is 10.6. The first-order chi connectivity index (χ1) is 35.0. The number of nitrogens with one attached hydrogen (secondary N) is 2. The number of esters is 1. The number of benzene rings is 2. The van der Waals surface area contributed by atoms with Crippen LogP contribution in [0.25, 0.3) is 33.3 Å². The molecule has 0 spiro atoms. The van der Waals surface area contributed by atoms with Gasteiger partial charge in [-0.15, -0.1) is 0 Å². The van der Waals surface area contributed by atoms with Crippen molar-refractivity contribution in [2.75, 3.05) is 73.2 Å². The smallest absolute Gasteiger partial charge is 0.324 e. The number of hydrogen-bond donors (Lipinski definition) is 2. The van der Waals surface area contributed by atoms with Crippen LogP contribution in [0.4, 0.5) is 0 Å². The molecule has 16 nitrogen and oxygen atoms in total. The van der Waals surface area contributed by atoms with Gasteiger partial charge < -0.3 is 33.9 Å². The molecule has 73 heavy (non-hydrogen) atoms. The lowest BCUT2D eigenvalue weighted by Gasteiger charge is -2.36. The molecule has 5 atom stereocenters. The van der Waals surface area contributed by atoms with Crippen LogP contribution in [-0.4, -0.2) is 150 Å². The van der Waals surface area contributed by atoms with Crippen LogP contribution >= 0.6 is 0 Å². The van der Waals surface area contributed by atoms with Crippen molar-refractivity contribution >= 4 is 40.5 Å². The number of amides is 4. The van der Waals surface area contributed by atoms with Crippen LogP contribution in [0.5, 0.6) is 0 Å². The first kappa shape index (κ1) is 53.2. The Hall–Kier alpha value is -6.12. The second kappa shape index (κ2) is 23.4. The lowest BCUT2D eigenvalue weighted by molar-refractivity contribution is -0.155. The van der Waals surface area contributed by atoms with Gasteiger partial charge in [-0.2, -0.15) is 0 Å². The van der Waals surface area contributed by atoms with E-state index in [1.54, 1.807) is 18.2 Å². The first-order valence-electron chi connectivity index (χ1n) is 26.2. The Morgan fingerprint density at radius 2 is 1.78 bits per heavy atom. The van der Waals surface area contributed by atoms with E-state index in [1.807, 2.05) is 46.0 Å². The van der Waals surface area contributed by atoms with Crippen molar-refractivity contribution in [1.82, 2.24) is 40.0 Å². The molecule has 0 saturated carbocycles. The van der Waals surface area contributed by atoms with Gasteiger partial charge in [-0.1, -0.05) is 63.9 Å². The van der Waals surface area contributed by atoms with Gasteiger partial charge in [0.05, 0.1) is 49.3 Å². The summed E-state index contributed by atoms with van der Waals surface area (Å²) in [4.78, 5) is 81.0. The van der Waals surface area contributed by atoms with E-state index in [1.165, 1.54) is 9.91 Å². The third-order valence-electron chi connectivity index (χ3n) is 15.0. The van der Waals surface area contributed by atoms with Gasteiger partial charge in [0.2, 0.25) is 11.8 Å². The van der Waals surface area contributed by atoms with E-state index in [0.29, 0.717) is 71.5 Å². The lowest BCUT2D eigenvalue weighted by Crippen LogP contribution is -2.61. The molecule has 3 saturated heterocycles. The molecule has 0 aliphatic carbocycles. The van der Waals surface area contributed by atoms with Crippen LogP contribution in [0.2, 0.25) is 0 Å². The Labute approximate surface area is 430 Å². The monoisotopic (exact) mass is 999 g/mol. The normalized spacial score (nSPS) is 22.1. The number of ether oxygens (including phenoxy) is 3. The molecule has 4 amide bonds. The Kier molecular flexibility index (Phi) is 17.0. The van der Waals surface area contributed by atoms with Crippen LogP contribution in [0.3, 0.4) is 0 Å². The second-order valence-corrected chi connectivity index (χ2v) is 21.3. The standard InChI is InChI=1S/C57H74N8O8/c1-9-64-49-21-19-41-31-44(49)45(53(64)43-17-13-23-58-52(43)38(4)71-8)32-57(5,6)36-73-56(70)47-18-14-26-65(60-47)55(69)48(30-39-15-12-16-40(41)29-39)59-54(68)46(37(2)3)33-62-24-10-11-25-63(34-51(62)67)50(66)22-20-42-35-72-28-27-61(42)7/h12-13,15-17,19,21,23,29,31,37-38,42,46-48,60H,9-11,14,18,24-28,30,32-36H2,1-8H3,(H,59,68)/t38-,42-,46?,47-,48-/m0/s1. The average Bonchev–Trinajstić information content (AvgIpc) is 3.68. The number of carbonyl (C=O) groups excluding carboxylic acids is 5. The first-order valence-corrected chi connectivity index (χ1v) is 26.2. The topological polar surface area (TPSA) is 168 Å². The van der Waals surface area contributed by atoms with Crippen molar-refractivity contribution in [3.8, 4) is 34.2 Å². The van der Waals surface area contributed by atoms with Crippen LogP contribution in [0.1, 0.15) is 90.2 Å². The van der Waals surface area contributed by atoms with Gasteiger partial charge >= 0.3 is 5.97 Å². The molecule has 8 rings (SSSR count). The van der Waals surface area contributed by atoms with Crippen molar-refractivity contribution in [1.29, 1.82) is 0 Å². The molecule has 0 radical (unpaired) electrons. The summed E-state index contributed by atoms with van der Waals surface area (Å²) >= 11 is 0. The molecule has 6 bridgehead atoms. The fourth-order valence-electron chi connectivity index (χ4n) is 10.6. The molecule has 16 heteroatoms. The van der Waals surface area contributed by atoms with E-state index in [2.05, 4.69) is 89.2 Å².